The number of aliphatic hydroxyl groups is 1. The van der Waals surface area contributed by atoms with Gasteiger partial charge in [-0.25, -0.2) is 0 Å². The zero-order chi connectivity index (χ0) is 23.5. The van der Waals surface area contributed by atoms with E-state index in [-0.39, 0.29) is 17.4 Å². The molecule has 2 heterocycles. The number of amides is 1. The molecular weight excluding hydrogens is 422 g/mol. The number of para-hydroxylation sites is 1. The number of fused-ring (bicyclic) bond motifs is 1. The number of rotatable bonds is 9. The quantitative estimate of drug-likeness (QED) is 0.372. The highest BCUT2D eigenvalue weighted by Gasteiger charge is 2.44. The van der Waals surface area contributed by atoms with Crippen LogP contribution in [0.3, 0.4) is 0 Å². The van der Waals surface area contributed by atoms with E-state index in [1.165, 1.54) is 4.90 Å². The molecule has 1 amide bonds. The lowest BCUT2D eigenvalue weighted by Crippen LogP contribution is -2.32. The Balaban J connectivity index is 1.70. The predicted molar refractivity (Wildman–Crippen MR) is 123 cm³/mol. The molecule has 0 saturated carbocycles. The number of methoxy groups -OCH3 is 1. The third kappa shape index (κ3) is 4.50. The van der Waals surface area contributed by atoms with Gasteiger partial charge in [0.1, 0.15) is 11.3 Å². The van der Waals surface area contributed by atoms with E-state index in [1.807, 2.05) is 32.0 Å². The summed E-state index contributed by atoms with van der Waals surface area (Å²) in [6.07, 6.45) is 0.643. The first-order valence-electron chi connectivity index (χ1n) is 10.9. The normalized spacial score (nSPS) is 16.3. The van der Waals surface area contributed by atoms with Crippen LogP contribution in [0, 0.1) is 0 Å². The summed E-state index contributed by atoms with van der Waals surface area (Å²) < 4.78 is 16.6. The summed E-state index contributed by atoms with van der Waals surface area (Å²) in [7, 11) is 1.57. The molecule has 7 nitrogen and oxygen atoms in total. The highest BCUT2D eigenvalue weighted by atomic mass is 16.5. The van der Waals surface area contributed by atoms with Gasteiger partial charge in [0.2, 0.25) is 5.78 Å². The molecular formula is C26H27NO6. The Bertz CT molecular complexity index is 1160. The largest absolute Gasteiger partial charge is 0.503 e. The van der Waals surface area contributed by atoms with Crippen molar-refractivity contribution in [2.75, 3.05) is 20.3 Å². The summed E-state index contributed by atoms with van der Waals surface area (Å²) in [6.45, 7) is 4.67. The molecule has 0 saturated heterocycles. The van der Waals surface area contributed by atoms with Gasteiger partial charge in [0.25, 0.3) is 5.91 Å². The van der Waals surface area contributed by atoms with Crippen molar-refractivity contribution in [2.24, 2.45) is 0 Å². The van der Waals surface area contributed by atoms with Crippen LogP contribution in [0.15, 0.2) is 70.3 Å². The van der Waals surface area contributed by atoms with E-state index in [9.17, 15) is 14.7 Å². The van der Waals surface area contributed by atoms with Gasteiger partial charge in [0.15, 0.2) is 11.5 Å². The second kappa shape index (κ2) is 9.50. The molecule has 1 aliphatic heterocycles. The summed E-state index contributed by atoms with van der Waals surface area (Å²) in [5.74, 6) is -0.919. The molecule has 1 atom stereocenters. The Kier molecular flexibility index (Phi) is 6.51. The van der Waals surface area contributed by atoms with Gasteiger partial charge in [-0.2, -0.15) is 0 Å². The van der Waals surface area contributed by atoms with Crippen molar-refractivity contribution in [2.45, 2.75) is 32.4 Å². The summed E-state index contributed by atoms with van der Waals surface area (Å²) in [6, 6.07) is 15.3. The van der Waals surface area contributed by atoms with Crippen molar-refractivity contribution in [3.05, 3.63) is 77.3 Å². The molecule has 1 N–H and O–H groups in total. The van der Waals surface area contributed by atoms with Crippen molar-refractivity contribution in [1.29, 1.82) is 0 Å². The molecule has 0 aliphatic carbocycles. The van der Waals surface area contributed by atoms with E-state index >= 15 is 0 Å². The molecule has 4 rings (SSSR count). The highest BCUT2D eigenvalue weighted by molar-refractivity contribution is 6.16. The number of hydrogen-bond acceptors (Lipinski definition) is 6. The number of nitrogens with zero attached hydrogens (tertiary/aromatic N) is 1. The molecule has 1 aromatic heterocycles. The third-order valence-electron chi connectivity index (χ3n) is 5.62. The Morgan fingerprint density at radius 2 is 1.88 bits per heavy atom. The molecule has 1 unspecified atom stereocenters. The van der Waals surface area contributed by atoms with Gasteiger partial charge in [-0.05, 0) is 50.1 Å². The van der Waals surface area contributed by atoms with E-state index in [2.05, 4.69) is 0 Å². The minimum absolute atomic E-state index is 0.00833. The number of furan rings is 1. The molecule has 33 heavy (non-hydrogen) atoms. The number of carbonyl (C=O) groups is 2. The van der Waals surface area contributed by atoms with Crippen molar-refractivity contribution >= 4 is 22.7 Å². The average Bonchev–Trinajstić information content (AvgIpc) is 3.36. The molecule has 0 spiro atoms. The number of aliphatic hydroxyl groups excluding tert-OH is 1. The van der Waals surface area contributed by atoms with E-state index < -0.39 is 23.5 Å². The Morgan fingerprint density at radius 3 is 2.55 bits per heavy atom. The van der Waals surface area contributed by atoms with E-state index in [1.54, 1.807) is 43.5 Å². The predicted octanol–water partition coefficient (Wildman–Crippen LogP) is 4.83. The highest BCUT2D eigenvalue weighted by Crippen LogP contribution is 2.40. The van der Waals surface area contributed by atoms with Gasteiger partial charge >= 0.3 is 0 Å². The van der Waals surface area contributed by atoms with Crippen LogP contribution in [0.4, 0.5) is 0 Å². The topological polar surface area (TPSA) is 89.2 Å². The Morgan fingerprint density at radius 1 is 1.15 bits per heavy atom. The van der Waals surface area contributed by atoms with Crippen molar-refractivity contribution in [3.8, 4) is 5.75 Å². The lowest BCUT2D eigenvalue weighted by atomic mass is 9.95. The maximum absolute atomic E-state index is 13.5. The minimum atomic E-state index is -0.747. The number of hydrogen-bond donors (Lipinski definition) is 1. The SMILES string of the molecule is COc1ccc(C2C(C(=O)c3cc4ccccc4o3)=C(O)C(=O)N2CCCOC(C)C)cc1. The monoisotopic (exact) mass is 449 g/mol. The van der Waals surface area contributed by atoms with Crippen LogP contribution in [0.5, 0.6) is 5.75 Å². The number of Topliss-reactive ketones (excluding diaryl/α,β-unsaturated/α-hetero) is 1. The summed E-state index contributed by atoms with van der Waals surface area (Å²) >= 11 is 0. The maximum atomic E-state index is 13.5. The first-order valence-corrected chi connectivity index (χ1v) is 10.9. The number of benzene rings is 2. The Hall–Kier alpha value is -3.58. The van der Waals surface area contributed by atoms with Gasteiger partial charge in [0.05, 0.1) is 24.8 Å². The molecule has 0 fully saturated rings. The summed E-state index contributed by atoms with van der Waals surface area (Å²) in [4.78, 5) is 28.0. The van der Waals surface area contributed by atoms with Gasteiger partial charge < -0.3 is 23.9 Å². The van der Waals surface area contributed by atoms with Crippen LogP contribution in [-0.4, -0.2) is 48.1 Å². The van der Waals surface area contributed by atoms with Crippen LogP contribution in [0.1, 0.15) is 42.4 Å². The molecule has 0 radical (unpaired) electrons. The van der Waals surface area contributed by atoms with Crippen LogP contribution in [0.2, 0.25) is 0 Å². The maximum Gasteiger partial charge on any atom is 0.290 e. The molecule has 1 aliphatic rings. The smallest absolute Gasteiger partial charge is 0.290 e. The van der Waals surface area contributed by atoms with E-state index in [0.717, 1.165) is 5.39 Å². The fourth-order valence-corrected chi connectivity index (χ4v) is 4.03. The van der Waals surface area contributed by atoms with Gasteiger partial charge in [-0.15, -0.1) is 0 Å². The first kappa shape index (κ1) is 22.6. The first-order chi connectivity index (χ1) is 15.9. The zero-order valence-corrected chi connectivity index (χ0v) is 18.9. The van der Waals surface area contributed by atoms with Crippen LogP contribution >= 0.6 is 0 Å². The van der Waals surface area contributed by atoms with Crippen molar-refractivity contribution in [1.82, 2.24) is 4.90 Å². The second-order valence-corrected chi connectivity index (χ2v) is 8.19. The lowest BCUT2D eigenvalue weighted by molar-refractivity contribution is -0.129. The van der Waals surface area contributed by atoms with Gasteiger partial charge in [-0.1, -0.05) is 30.3 Å². The molecule has 2 aromatic carbocycles. The van der Waals surface area contributed by atoms with E-state index in [0.29, 0.717) is 36.5 Å². The van der Waals surface area contributed by atoms with Crippen molar-refractivity contribution < 1.29 is 28.6 Å². The van der Waals surface area contributed by atoms with Crippen LogP contribution in [0.25, 0.3) is 11.0 Å². The minimum Gasteiger partial charge on any atom is -0.503 e. The van der Waals surface area contributed by atoms with E-state index in [4.69, 9.17) is 13.9 Å². The fourth-order valence-electron chi connectivity index (χ4n) is 4.03. The number of ether oxygens (including phenoxy) is 2. The average molecular weight is 450 g/mol. The van der Waals surface area contributed by atoms with Gasteiger partial charge in [0, 0.05) is 18.5 Å². The second-order valence-electron chi connectivity index (χ2n) is 8.19. The zero-order valence-electron chi connectivity index (χ0n) is 18.9. The number of carbonyl (C=O) groups excluding carboxylic acids is 2. The van der Waals surface area contributed by atoms with Crippen molar-refractivity contribution in [3.63, 3.8) is 0 Å². The molecule has 172 valence electrons. The third-order valence-corrected chi connectivity index (χ3v) is 5.62. The Labute approximate surface area is 192 Å². The molecule has 0 bridgehead atoms. The fraction of sp³-hybridized carbons (Fsp3) is 0.308. The van der Waals surface area contributed by atoms with Crippen LogP contribution in [-0.2, 0) is 9.53 Å². The number of ketones is 1. The van der Waals surface area contributed by atoms with Crippen LogP contribution < -0.4 is 4.74 Å². The standard InChI is InChI=1S/C26H27NO6/c1-16(2)32-14-6-13-27-23(17-9-11-19(31-3)12-10-17)22(25(29)26(27)30)24(28)21-15-18-7-4-5-8-20(18)33-21/h4-5,7-12,15-16,23,29H,6,13-14H2,1-3H3. The molecule has 7 heteroatoms. The van der Waals surface area contributed by atoms with Gasteiger partial charge in [-0.3, -0.25) is 9.59 Å². The molecule has 3 aromatic rings. The lowest BCUT2D eigenvalue weighted by Gasteiger charge is -2.27. The summed E-state index contributed by atoms with van der Waals surface area (Å²) in [5.41, 5.74) is 1.26. The summed E-state index contributed by atoms with van der Waals surface area (Å²) in [5, 5.41) is 11.6.